The average Bonchev–Trinajstić information content (AvgIpc) is 3.04. The molecule has 0 bridgehead atoms. The van der Waals surface area contributed by atoms with Gasteiger partial charge in [0.15, 0.2) is 11.5 Å². The van der Waals surface area contributed by atoms with Crippen LogP contribution in [0, 0.1) is 6.92 Å². The van der Waals surface area contributed by atoms with Gasteiger partial charge in [-0.25, -0.2) is 0 Å². The third-order valence-corrected chi connectivity index (χ3v) is 5.62. The number of methoxy groups -OCH3 is 2. The molecule has 7 nitrogen and oxygen atoms in total. The molecule has 0 radical (unpaired) electrons. The highest BCUT2D eigenvalue weighted by Gasteiger charge is 2.13. The van der Waals surface area contributed by atoms with Gasteiger partial charge in [-0.15, -0.1) is 0 Å². The van der Waals surface area contributed by atoms with Gasteiger partial charge in [-0.3, -0.25) is 9.59 Å². The Morgan fingerprint density at radius 2 is 1.83 bits per heavy atom. The van der Waals surface area contributed by atoms with E-state index in [0.29, 0.717) is 28.0 Å². The monoisotopic (exact) mass is 421 g/mol. The smallest absolute Gasteiger partial charge is 0.296 e. The topological polar surface area (TPSA) is 82.8 Å². The summed E-state index contributed by atoms with van der Waals surface area (Å²) in [5, 5.41) is 4.29. The van der Waals surface area contributed by atoms with Crippen LogP contribution in [0.5, 0.6) is 11.5 Å². The summed E-state index contributed by atoms with van der Waals surface area (Å²) in [5.74, 6) is 1.08. The maximum absolute atomic E-state index is 12.9. The molecule has 2 heterocycles. The Labute approximate surface area is 175 Å². The predicted octanol–water partition coefficient (Wildman–Crippen LogP) is 1.98. The van der Waals surface area contributed by atoms with Crippen LogP contribution < -0.4 is 25.1 Å². The van der Waals surface area contributed by atoms with E-state index in [9.17, 15) is 9.59 Å². The maximum atomic E-state index is 12.9. The first-order valence-corrected chi connectivity index (χ1v) is 10.0. The maximum Gasteiger partial charge on any atom is 0.296 e. The highest BCUT2D eigenvalue weighted by molar-refractivity contribution is 7.15. The zero-order chi connectivity index (χ0) is 21.3. The van der Waals surface area contributed by atoms with E-state index in [1.165, 1.54) is 11.6 Å². The van der Waals surface area contributed by atoms with Crippen molar-refractivity contribution < 1.29 is 9.47 Å². The van der Waals surface area contributed by atoms with E-state index in [2.05, 4.69) is 10.1 Å². The van der Waals surface area contributed by atoms with E-state index < -0.39 is 5.56 Å². The highest BCUT2D eigenvalue weighted by Crippen LogP contribution is 2.31. The Morgan fingerprint density at radius 1 is 1.07 bits per heavy atom. The Hall–Kier alpha value is -3.52. The number of benzene rings is 2. The van der Waals surface area contributed by atoms with Crippen molar-refractivity contribution >= 4 is 22.4 Å². The third kappa shape index (κ3) is 3.69. The first-order chi connectivity index (χ1) is 14.5. The van der Waals surface area contributed by atoms with Gasteiger partial charge in [-0.05, 0) is 24.6 Å². The third-order valence-electron chi connectivity index (χ3n) is 4.66. The van der Waals surface area contributed by atoms with Crippen molar-refractivity contribution in [3.05, 3.63) is 90.1 Å². The van der Waals surface area contributed by atoms with Crippen LogP contribution in [-0.4, -0.2) is 28.8 Å². The lowest BCUT2D eigenvalue weighted by Crippen LogP contribution is -2.28. The second-order valence-corrected chi connectivity index (χ2v) is 7.73. The van der Waals surface area contributed by atoms with Gasteiger partial charge < -0.3 is 9.47 Å². The van der Waals surface area contributed by atoms with Crippen LogP contribution in [0.1, 0.15) is 22.4 Å². The molecule has 0 N–H and O–H groups in total. The molecule has 4 rings (SSSR count). The van der Waals surface area contributed by atoms with Crippen LogP contribution >= 0.6 is 11.3 Å². The summed E-state index contributed by atoms with van der Waals surface area (Å²) in [5.41, 5.74) is 2.22. The summed E-state index contributed by atoms with van der Waals surface area (Å²) in [7, 11) is 3.09. The van der Waals surface area contributed by atoms with Crippen molar-refractivity contribution in [3.8, 4) is 11.5 Å². The number of hydrogen-bond acceptors (Lipinski definition) is 7. The minimum absolute atomic E-state index is 0.233. The summed E-state index contributed by atoms with van der Waals surface area (Å²) in [6.45, 7) is 1.99. The molecular weight excluding hydrogens is 402 g/mol. The van der Waals surface area contributed by atoms with Crippen LogP contribution in [0.25, 0.3) is 11.0 Å². The summed E-state index contributed by atoms with van der Waals surface area (Å²) < 4.78 is 12.3. The molecule has 0 saturated carbocycles. The lowest BCUT2D eigenvalue weighted by molar-refractivity contribution is 0.354. The SMILES string of the molecule is COc1cccc(/C=c2/sc3nc(=O)c(Cc4ccc(C)cc4)nn3c2=O)c1OC. The molecule has 30 heavy (non-hydrogen) atoms. The molecule has 0 amide bonds. The van der Waals surface area contributed by atoms with Gasteiger partial charge in [0.2, 0.25) is 4.96 Å². The fraction of sp³-hybridized carbons (Fsp3) is 0.182. The standard InChI is InChI=1S/C22H19N3O4S/c1-13-7-9-14(10-8-13)11-16-20(26)23-22-25(24-16)21(27)18(30-22)12-15-5-4-6-17(28-2)19(15)29-3/h4-10,12H,11H2,1-3H3/b18-12+. The second-order valence-electron chi connectivity index (χ2n) is 6.72. The van der Waals surface area contributed by atoms with E-state index in [4.69, 9.17) is 9.47 Å². The first kappa shape index (κ1) is 19.8. The van der Waals surface area contributed by atoms with Gasteiger partial charge in [0, 0.05) is 12.0 Å². The molecule has 0 spiro atoms. The summed E-state index contributed by atoms with van der Waals surface area (Å²) in [4.78, 5) is 29.7. The number of thiazole rings is 1. The van der Waals surface area contributed by atoms with E-state index in [1.807, 2.05) is 43.3 Å². The van der Waals surface area contributed by atoms with Crippen LogP contribution in [-0.2, 0) is 6.42 Å². The van der Waals surface area contributed by atoms with Crippen molar-refractivity contribution in [2.75, 3.05) is 14.2 Å². The largest absolute Gasteiger partial charge is 0.493 e. The molecule has 0 aliphatic heterocycles. The number of para-hydroxylation sites is 1. The minimum atomic E-state index is -0.428. The zero-order valence-corrected chi connectivity index (χ0v) is 17.5. The van der Waals surface area contributed by atoms with E-state index in [1.54, 1.807) is 19.3 Å². The second kappa shape index (κ2) is 8.08. The quantitative estimate of drug-likeness (QED) is 0.490. The number of rotatable bonds is 5. The van der Waals surface area contributed by atoms with Gasteiger partial charge in [-0.1, -0.05) is 53.3 Å². The molecule has 8 heteroatoms. The van der Waals surface area contributed by atoms with Crippen molar-refractivity contribution in [1.29, 1.82) is 0 Å². The number of ether oxygens (including phenoxy) is 2. The minimum Gasteiger partial charge on any atom is -0.493 e. The fourth-order valence-electron chi connectivity index (χ4n) is 3.12. The molecule has 4 aromatic rings. The van der Waals surface area contributed by atoms with Gasteiger partial charge in [0.05, 0.1) is 18.8 Å². The van der Waals surface area contributed by atoms with Crippen molar-refractivity contribution in [2.45, 2.75) is 13.3 Å². The average molecular weight is 421 g/mol. The summed E-state index contributed by atoms with van der Waals surface area (Å²) in [6.07, 6.45) is 2.00. The highest BCUT2D eigenvalue weighted by atomic mass is 32.1. The molecule has 152 valence electrons. The zero-order valence-electron chi connectivity index (χ0n) is 16.7. The molecule has 0 atom stereocenters. The van der Waals surface area contributed by atoms with Crippen molar-refractivity contribution in [3.63, 3.8) is 0 Å². The normalized spacial score (nSPS) is 11.8. The van der Waals surface area contributed by atoms with Gasteiger partial charge in [-0.2, -0.15) is 14.6 Å². The molecular formula is C22H19N3O4S. The van der Waals surface area contributed by atoms with Crippen molar-refractivity contribution in [2.24, 2.45) is 0 Å². The molecule has 2 aromatic carbocycles. The Kier molecular flexibility index (Phi) is 5.33. The molecule has 0 aliphatic rings. The number of aryl methyl sites for hydroxylation is 1. The predicted molar refractivity (Wildman–Crippen MR) is 116 cm³/mol. The lowest BCUT2D eigenvalue weighted by Gasteiger charge is -2.09. The number of fused-ring (bicyclic) bond motifs is 1. The molecule has 2 aromatic heterocycles. The molecule has 0 saturated heterocycles. The number of aromatic nitrogens is 3. The molecule has 0 fully saturated rings. The van der Waals surface area contributed by atoms with Gasteiger partial charge in [0.25, 0.3) is 11.1 Å². The van der Waals surface area contributed by atoms with Gasteiger partial charge in [0.1, 0.15) is 5.69 Å². The van der Waals surface area contributed by atoms with Gasteiger partial charge >= 0.3 is 0 Å². The Balaban J connectivity index is 1.82. The van der Waals surface area contributed by atoms with Crippen LogP contribution in [0.4, 0.5) is 0 Å². The van der Waals surface area contributed by atoms with E-state index >= 15 is 0 Å². The van der Waals surface area contributed by atoms with Crippen molar-refractivity contribution in [1.82, 2.24) is 14.6 Å². The molecule has 0 aliphatic carbocycles. The lowest BCUT2D eigenvalue weighted by atomic mass is 10.1. The Morgan fingerprint density at radius 3 is 2.53 bits per heavy atom. The molecule has 0 unspecified atom stereocenters. The first-order valence-electron chi connectivity index (χ1n) is 9.21. The number of nitrogens with zero attached hydrogens (tertiary/aromatic N) is 3. The van der Waals surface area contributed by atoms with Crippen LogP contribution in [0.3, 0.4) is 0 Å². The Bertz CT molecular complexity index is 1390. The van der Waals surface area contributed by atoms with E-state index in [-0.39, 0.29) is 16.2 Å². The summed E-state index contributed by atoms with van der Waals surface area (Å²) in [6, 6.07) is 13.2. The number of hydrogen-bond donors (Lipinski definition) is 0. The van der Waals surface area contributed by atoms with E-state index in [0.717, 1.165) is 22.5 Å². The van der Waals surface area contributed by atoms with Crippen LogP contribution in [0.15, 0.2) is 52.1 Å². The summed E-state index contributed by atoms with van der Waals surface area (Å²) >= 11 is 1.11. The van der Waals surface area contributed by atoms with Crippen LogP contribution in [0.2, 0.25) is 0 Å². The fourth-order valence-corrected chi connectivity index (χ4v) is 4.01.